The number of halogens is 1. The van der Waals surface area contributed by atoms with Crippen LogP contribution in [0, 0.1) is 0 Å². The Morgan fingerprint density at radius 1 is 1.24 bits per heavy atom. The van der Waals surface area contributed by atoms with Crippen LogP contribution in [0.1, 0.15) is 28.3 Å². The van der Waals surface area contributed by atoms with Gasteiger partial charge >= 0.3 is 0 Å². The molecule has 6 heteroatoms. The van der Waals surface area contributed by atoms with Crippen molar-refractivity contribution >= 4 is 17.5 Å². The predicted octanol–water partition coefficient (Wildman–Crippen LogP) is 3.65. The van der Waals surface area contributed by atoms with Gasteiger partial charge in [0.05, 0.1) is 26.4 Å². The van der Waals surface area contributed by atoms with E-state index in [9.17, 15) is 4.79 Å². The van der Waals surface area contributed by atoms with Crippen molar-refractivity contribution in [3.05, 3.63) is 52.5 Å². The molecule has 0 aliphatic carbocycles. The van der Waals surface area contributed by atoms with Crippen LogP contribution in [-0.4, -0.2) is 33.3 Å². The molecule has 0 saturated heterocycles. The summed E-state index contributed by atoms with van der Waals surface area (Å²) in [5, 5.41) is 3.47. The Labute approximate surface area is 151 Å². The largest absolute Gasteiger partial charge is 0.497 e. The first kappa shape index (κ1) is 17.4. The SMILES string of the molecule is COc1ccc2c(c1)OCC[C@@H]2CNC(=O)c1cc(Cl)ccc1OC. The van der Waals surface area contributed by atoms with Crippen LogP contribution in [0.5, 0.6) is 17.2 Å². The van der Waals surface area contributed by atoms with E-state index in [2.05, 4.69) is 5.32 Å². The smallest absolute Gasteiger partial charge is 0.255 e. The van der Waals surface area contributed by atoms with Gasteiger partial charge < -0.3 is 19.5 Å². The van der Waals surface area contributed by atoms with Crippen molar-refractivity contribution in [1.82, 2.24) is 5.32 Å². The molecule has 0 aromatic heterocycles. The lowest BCUT2D eigenvalue weighted by molar-refractivity contribution is 0.0945. The number of rotatable bonds is 5. The number of ether oxygens (including phenoxy) is 3. The molecule has 1 aliphatic heterocycles. The van der Waals surface area contributed by atoms with Crippen LogP contribution in [0.25, 0.3) is 0 Å². The van der Waals surface area contributed by atoms with E-state index in [4.69, 9.17) is 25.8 Å². The van der Waals surface area contributed by atoms with E-state index < -0.39 is 0 Å². The number of hydrogen-bond acceptors (Lipinski definition) is 4. The van der Waals surface area contributed by atoms with Gasteiger partial charge in [0.2, 0.25) is 0 Å². The van der Waals surface area contributed by atoms with E-state index >= 15 is 0 Å². The first-order valence-corrected chi connectivity index (χ1v) is 8.42. The van der Waals surface area contributed by atoms with Crippen molar-refractivity contribution in [2.75, 3.05) is 27.4 Å². The first-order chi connectivity index (χ1) is 12.1. The molecular weight excluding hydrogens is 342 g/mol. The van der Waals surface area contributed by atoms with E-state index in [1.807, 2.05) is 18.2 Å². The number of methoxy groups -OCH3 is 2. The molecule has 1 aliphatic rings. The molecule has 2 aromatic carbocycles. The van der Waals surface area contributed by atoms with Gasteiger partial charge in [0.1, 0.15) is 17.2 Å². The van der Waals surface area contributed by atoms with E-state index in [-0.39, 0.29) is 11.8 Å². The molecule has 0 fully saturated rings. The van der Waals surface area contributed by atoms with E-state index in [1.165, 1.54) is 7.11 Å². The average molecular weight is 362 g/mol. The van der Waals surface area contributed by atoms with Crippen molar-refractivity contribution in [1.29, 1.82) is 0 Å². The van der Waals surface area contributed by atoms with E-state index in [0.29, 0.717) is 29.5 Å². The second kappa shape index (κ2) is 7.66. The molecule has 0 saturated carbocycles. The summed E-state index contributed by atoms with van der Waals surface area (Å²) in [4.78, 5) is 12.5. The molecule has 5 nitrogen and oxygen atoms in total. The summed E-state index contributed by atoms with van der Waals surface area (Å²) in [6, 6.07) is 10.8. The maximum Gasteiger partial charge on any atom is 0.255 e. The molecule has 25 heavy (non-hydrogen) atoms. The number of benzene rings is 2. The van der Waals surface area contributed by atoms with Crippen LogP contribution < -0.4 is 19.5 Å². The third kappa shape index (κ3) is 3.82. The molecule has 0 bridgehead atoms. The zero-order valence-corrected chi connectivity index (χ0v) is 14.9. The lowest BCUT2D eigenvalue weighted by atomic mass is 9.93. The standard InChI is InChI=1S/C19H20ClNO4/c1-23-14-4-5-15-12(7-8-25-18(15)10-14)11-21-19(22)16-9-13(20)3-6-17(16)24-2/h3-6,9-10,12H,7-8,11H2,1-2H3,(H,21,22)/t12-/m1/s1. The zero-order chi connectivity index (χ0) is 17.8. The molecule has 1 N–H and O–H groups in total. The van der Waals surface area contributed by atoms with Gasteiger partial charge in [-0.15, -0.1) is 0 Å². The van der Waals surface area contributed by atoms with Crippen molar-refractivity contribution < 1.29 is 19.0 Å². The highest BCUT2D eigenvalue weighted by atomic mass is 35.5. The number of nitrogens with one attached hydrogen (secondary N) is 1. The monoisotopic (exact) mass is 361 g/mol. The van der Waals surface area contributed by atoms with Gasteiger partial charge in [-0.2, -0.15) is 0 Å². The Morgan fingerprint density at radius 2 is 2.08 bits per heavy atom. The number of hydrogen-bond donors (Lipinski definition) is 1. The number of carbonyl (C=O) groups is 1. The van der Waals surface area contributed by atoms with Crippen molar-refractivity contribution in [3.63, 3.8) is 0 Å². The van der Waals surface area contributed by atoms with Gasteiger partial charge in [-0.3, -0.25) is 4.79 Å². The maximum atomic E-state index is 12.5. The van der Waals surface area contributed by atoms with Gasteiger partial charge in [-0.25, -0.2) is 0 Å². The Morgan fingerprint density at radius 3 is 2.84 bits per heavy atom. The highest BCUT2D eigenvalue weighted by molar-refractivity contribution is 6.31. The molecule has 1 atom stereocenters. The predicted molar refractivity (Wildman–Crippen MR) is 96.2 cm³/mol. The molecule has 0 radical (unpaired) electrons. The van der Waals surface area contributed by atoms with E-state index in [0.717, 1.165) is 23.5 Å². The van der Waals surface area contributed by atoms with Gasteiger partial charge in [0.25, 0.3) is 5.91 Å². The minimum absolute atomic E-state index is 0.184. The first-order valence-electron chi connectivity index (χ1n) is 8.05. The quantitative estimate of drug-likeness (QED) is 0.883. The second-order valence-electron chi connectivity index (χ2n) is 5.79. The normalized spacial score (nSPS) is 15.7. The van der Waals surface area contributed by atoms with Crippen LogP contribution in [0.4, 0.5) is 0 Å². The fourth-order valence-electron chi connectivity index (χ4n) is 2.95. The third-order valence-corrected chi connectivity index (χ3v) is 4.53. The summed E-state index contributed by atoms with van der Waals surface area (Å²) in [6.45, 7) is 1.12. The van der Waals surface area contributed by atoms with Crippen molar-refractivity contribution in [2.45, 2.75) is 12.3 Å². The number of fused-ring (bicyclic) bond motifs is 1. The topological polar surface area (TPSA) is 56.8 Å². The fraction of sp³-hybridized carbons (Fsp3) is 0.316. The number of amides is 1. The van der Waals surface area contributed by atoms with Crippen LogP contribution in [-0.2, 0) is 0 Å². The summed E-state index contributed by atoms with van der Waals surface area (Å²) in [5.41, 5.74) is 1.50. The fourth-order valence-corrected chi connectivity index (χ4v) is 3.12. The average Bonchev–Trinajstić information content (AvgIpc) is 2.65. The van der Waals surface area contributed by atoms with Gasteiger partial charge in [-0.1, -0.05) is 17.7 Å². The molecule has 1 heterocycles. The summed E-state index contributed by atoms with van der Waals surface area (Å²) in [7, 11) is 3.16. The molecule has 2 aromatic rings. The summed E-state index contributed by atoms with van der Waals surface area (Å²) < 4.78 is 16.2. The van der Waals surface area contributed by atoms with Gasteiger partial charge in [-0.05, 0) is 36.2 Å². The minimum atomic E-state index is -0.207. The molecule has 1 amide bonds. The van der Waals surface area contributed by atoms with Gasteiger partial charge in [0, 0.05) is 23.6 Å². The van der Waals surface area contributed by atoms with Crippen LogP contribution in [0.15, 0.2) is 36.4 Å². The molecule has 0 spiro atoms. The lowest BCUT2D eigenvalue weighted by Gasteiger charge is -2.26. The molecule has 3 rings (SSSR count). The second-order valence-corrected chi connectivity index (χ2v) is 6.23. The van der Waals surface area contributed by atoms with Crippen LogP contribution >= 0.6 is 11.6 Å². The minimum Gasteiger partial charge on any atom is -0.497 e. The Balaban J connectivity index is 1.73. The summed E-state index contributed by atoms with van der Waals surface area (Å²) in [6.07, 6.45) is 0.840. The van der Waals surface area contributed by atoms with Gasteiger partial charge in [0.15, 0.2) is 0 Å². The number of carbonyl (C=O) groups excluding carboxylic acids is 1. The highest BCUT2D eigenvalue weighted by Gasteiger charge is 2.23. The Hall–Kier alpha value is -2.40. The highest BCUT2D eigenvalue weighted by Crippen LogP contribution is 2.36. The Kier molecular flexibility index (Phi) is 5.34. The molecule has 132 valence electrons. The molecule has 0 unspecified atom stereocenters. The summed E-state index contributed by atoms with van der Waals surface area (Å²) in [5.74, 6) is 2.04. The third-order valence-electron chi connectivity index (χ3n) is 4.30. The summed E-state index contributed by atoms with van der Waals surface area (Å²) >= 11 is 6.00. The van der Waals surface area contributed by atoms with Crippen LogP contribution in [0.2, 0.25) is 5.02 Å². The molecular formula is C19H20ClNO4. The maximum absolute atomic E-state index is 12.5. The Bertz CT molecular complexity index is 778. The van der Waals surface area contributed by atoms with Crippen molar-refractivity contribution in [3.8, 4) is 17.2 Å². The van der Waals surface area contributed by atoms with Crippen molar-refractivity contribution in [2.24, 2.45) is 0 Å². The zero-order valence-electron chi connectivity index (χ0n) is 14.2. The lowest BCUT2D eigenvalue weighted by Crippen LogP contribution is -2.31. The van der Waals surface area contributed by atoms with Crippen LogP contribution in [0.3, 0.4) is 0 Å². The van der Waals surface area contributed by atoms with E-state index in [1.54, 1.807) is 25.3 Å².